The van der Waals surface area contributed by atoms with Gasteiger partial charge in [0.2, 0.25) is 0 Å². The molecule has 2 atom stereocenters. The Morgan fingerprint density at radius 1 is 1.12 bits per heavy atom. The van der Waals surface area contributed by atoms with E-state index in [0.29, 0.717) is 19.2 Å². The van der Waals surface area contributed by atoms with Crippen LogP contribution in [0.25, 0.3) is 0 Å². The Labute approximate surface area is 158 Å². The van der Waals surface area contributed by atoms with Gasteiger partial charge in [-0.15, -0.1) is 0 Å². The summed E-state index contributed by atoms with van der Waals surface area (Å²) in [4.78, 5) is 12.5. The molecule has 0 aliphatic heterocycles. The minimum atomic E-state index is -3.80. The van der Waals surface area contributed by atoms with Gasteiger partial charge in [0.1, 0.15) is 0 Å². The molecule has 6 nitrogen and oxygen atoms in total. The lowest BCUT2D eigenvalue weighted by Gasteiger charge is -2.30. The molecule has 0 saturated heterocycles. The predicted octanol–water partition coefficient (Wildman–Crippen LogP) is 3.47. The average Bonchev–Trinajstić information content (AvgIpc) is 2.59. The molecule has 0 bridgehead atoms. The van der Waals surface area contributed by atoms with Crippen molar-refractivity contribution < 1.29 is 26.9 Å². The Bertz CT molecular complexity index is 651. The molecule has 0 amide bonds. The summed E-state index contributed by atoms with van der Waals surface area (Å²) in [6, 6.07) is 6.49. The largest absolute Gasteiger partial charge is 0.464 e. The highest BCUT2D eigenvalue weighted by Gasteiger charge is 2.39. The zero-order valence-corrected chi connectivity index (χ0v) is 17.7. The SMILES string of the molecule is CCCC(CPCOS(=O)(=O)c1ccc(C)cc1)(OCC)C(=O)OCC. The quantitative estimate of drug-likeness (QED) is 0.230. The number of esters is 1. The molecule has 0 N–H and O–H groups in total. The Hall–Kier alpha value is -1.01. The molecule has 1 rings (SSSR count). The fraction of sp³-hybridized carbons (Fsp3) is 0.611. The van der Waals surface area contributed by atoms with Gasteiger partial charge in [-0.2, -0.15) is 8.42 Å². The molecule has 0 aliphatic carbocycles. The molecule has 0 aliphatic rings. The van der Waals surface area contributed by atoms with Crippen LogP contribution in [0.15, 0.2) is 29.2 Å². The molecule has 0 spiro atoms. The van der Waals surface area contributed by atoms with Crippen molar-refractivity contribution in [2.45, 2.75) is 51.0 Å². The third kappa shape index (κ3) is 6.62. The van der Waals surface area contributed by atoms with E-state index in [9.17, 15) is 13.2 Å². The van der Waals surface area contributed by atoms with Crippen LogP contribution in [-0.2, 0) is 28.6 Å². The zero-order valence-electron chi connectivity index (χ0n) is 15.9. The third-order valence-corrected chi connectivity index (χ3v) is 6.41. The van der Waals surface area contributed by atoms with Crippen molar-refractivity contribution in [1.82, 2.24) is 0 Å². The van der Waals surface area contributed by atoms with Crippen LogP contribution in [0.1, 0.15) is 39.2 Å². The molecule has 0 aromatic heterocycles. The number of hydrogen-bond acceptors (Lipinski definition) is 6. The smallest absolute Gasteiger partial charge is 0.338 e. The molecule has 148 valence electrons. The van der Waals surface area contributed by atoms with Gasteiger partial charge in [-0.25, -0.2) is 4.79 Å². The summed E-state index contributed by atoms with van der Waals surface area (Å²) >= 11 is 0. The van der Waals surface area contributed by atoms with Gasteiger partial charge in [0, 0.05) is 12.8 Å². The number of ether oxygens (including phenoxy) is 2. The lowest BCUT2D eigenvalue weighted by atomic mass is 10.0. The first-order valence-corrected chi connectivity index (χ1v) is 11.6. The number of hydrogen-bond donors (Lipinski definition) is 0. The van der Waals surface area contributed by atoms with Crippen LogP contribution in [0.5, 0.6) is 0 Å². The number of carbonyl (C=O) groups excluding carboxylic acids is 1. The summed E-state index contributed by atoms with van der Waals surface area (Å²) in [5, 5.41) is 0. The molecular weight excluding hydrogens is 375 g/mol. The van der Waals surface area contributed by atoms with E-state index < -0.39 is 21.7 Å². The molecule has 0 fully saturated rings. The fourth-order valence-electron chi connectivity index (χ4n) is 2.53. The first-order chi connectivity index (χ1) is 12.3. The van der Waals surface area contributed by atoms with Gasteiger partial charge in [-0.3, -0.25) is 4.18 Å². The maximum Gasteiger partial charge on any atom is 0.338 e. The predicted molar refractivity (Wildman–Crippen MR) is 103 cm³/mol. The van der Waals surface area contributed by atoms with Crippen molar-refractivity contribution >= 4 is 24.7 Å². The zero-order chi connectivity index (χ0) is 19.6. The number of benzene rings is 1. The van der Waals surface area contributed by atoms with Crippen LogP contribution in [0.2, 0.25) is 0 Å². The van der Waals surface area contributed by atoms with Gasteiger partial charge < -0.3 is 9.47 Å². The Balaban J connectivity index is 2.71. The van der Waals surface area contributed by atoms with Crippen LogP contribution >= 0.6 is 8.58 Å². The molecular formula is C18H29O6PS. The van der Waals surface area contributed by atoms with Gasteiger partial charge in [-0.05, 0) is 39.3 Å². The second-order valence-corrected chi connectivity index (χ2v) is 8.61. The first-order valence-electron chi connectivity index (χ1n) is 8.79. The van der Waals surface area contributed by atoms with E-state index in [-0.39, 0.29) is 26.4 Å². The topological polar surface area (TPSA) is 78.9 Å². The molecule has 1 aromatic rings. The van der Waals surface area contributed by atoms with Crippen molar-refractivity contribution in [3.63, 3.8) is 0 Å². The summed E-state index contributed by atoms with van der Waals surface area (Å²) < 4.78 is 40.5. The van der Waals surface area contributed by atoms with E-state index in [2.05, 4.69) is 0 Å². The molecule has 1 aromatic carbocycles. The molecule has 0 radical (unpaired) electrons. The summed E-state index contributed by atoms with van der Waals surface area (Å²) in [5.74, 6) is -0.391. The first kappa shape index (κ1) is 23.0. The highest BCUT2D eigenvalue weighted by atomic mass is 32.2. The molecule has 2 unspecified atom stereocenters. The average molecular weight is 404 g/mol. The summed E-state index contributed by atoms with van der Waals surface area (Å²) in [6.45, 7) is 8.08. The Kier molecular flexibility index (Phi) is 9.72. The van der Waals surface area contributed by atoms with Crippen molar-refractivity contribution in [2.24, 2.45) is 0 Å². The standard InChI is InChI=1S/C18H29O6PS/c1-5-12-18(23-7-3,17(19)22-6-2)13-25-14-24-26(20,21)16-10-8-15(4)9-11-16/h8-11,25H,5-7,12-14H2,1-4H3. The van der Waals surface area contributed by atoms with E-state index in [1.807, 2.05) is 20.8 Å². The van der Waals surface area contributed by atoms with Gasteiger partial charge in [0.25, 0.3) is 10.1 Å². The second-order valence-electron chi connectivity index (χ2n) is 5.85. The van der Waals surface area contributed by atoms with E-state index in [4.69, 9.17) is 13.7 Å². The van der Waals surface area contributed by atoms with E-state index >= 15 is 0 Å². The molecule has 0 saturated carbocycles. The van der Waals surface area contributed by atoms with Gasteiger partial charge in [-0.1, -0.05) is 39.6 Å². The van der Waals surface area contributed by atoms with Crippen molar-refractivity contribution in [2.75, 3.05) is 25.7 Å². The summed E-state index contributed by atoms with van der Waals surface area (Å²) in [6.07, 6.45) is 1.66. The van der Waals surface area contributed by atoms with Crippen LogP contribution in [-0.4, -0.2) is 45.7 Å². The lowest BCUT2D eigenvalue weighted by Crippen LogP contribution is -2.45. The number of aryl methyl sites for hydroxylation is 1. The Morgan fingerprint density at radius 3 is 2.31 bits per heavy atom. The number of carbonyl (C=O) groups is 1. The third-order valence-electron chi connectivity index (χ3n) is 3.76. The lowest BCUT2D eigenvalue weighted by molar-refractivity contribution is -0.169. The normalized spacial score (nSPS) is 14.5. The van der Waals surface area contributed by atoms with E-state index in [0.717, 1.165) is 12.0 Å². The van der Waals surface area contributed by atoms with Crippen molar-refractivity contribution in [3.05, 3.63) is 29.8 Å². The van der Waals surface area contributed by atoms with Crippen LogP contribution in [0.3, 0.4) is 0 Å². The minimum absolute atomic E-state index is 0.00809. The maximum atomic E-state index is 12.4. The maximum absolute atomic E-state index is 12.4. The molecule has 8 heteroatoms. The summed E-state index contributed by atoms with van der Waals surface area (Å²) in [7, 11) is -3.71. The van der Waals surface area contributed by atoms with Gasteiger partial charge in [0.15, 0.2) is 5.60 Å². The van der Waals surface area contributed by atoms with Gasteiger partial charge >= 0.3 is 5.97 Å². The minimum Gasteiger partial charge on any atom is -0.464 e. The summed E-state index contributed by atoms with van der Waals surface area (Å²) in [5.41, 5.74) is -0.0594. The second kappa shape index (κ2) is 11.0. The van der Waals surface area contributed by atoms with E-state index in [1.54, 1.807) is 19.1 Å². The highest BCUT2D eigenvalue weighted by Crippen LogP contribution is 2.30. The van der Waals surface area contributed by atoms with Crippen molar-refractivity contribution in [3.8, 4) is 0 Å². The molecule has 0 heterocycles. The van der Waals surface area contributed by atoms with Crippen molar-refractivity contribution in [1.29, 1.82) is 0 Å². The van der Waals surface area contributed by atoms with Crippen LogP contribution in [0.4, 0.5) is 0 Å². The highest BCUT2D eigenvalue weighted by molar-refractivity contribution is 7.87. The van der Waals surface area contributed by atoms with Crippen LogP contribution in [0, 0.1) is 6.92 Å². The fourth-order valence-corrected chi connectivity index (χ4v) is 5.02. The van der Waals surface area contributed by atoms with E-state index in [1.165, 1.54) is 12.1 Å². The number of rotatable bonds is 12. The van der Waals surface area contributed by atoms with Gasteiger partial charge in [0.05, 0.1) is 17.9 Å². The molecule has 26 heavy (non-hydrogen) atoms. The monoisotopic (exact) mass is 404 g/mol. The Morgan fingerprint density at radius 2 is 1.77 bits per heavy atom. The van der Waals surface area contributed by atoms with Crippen LogP contribution < -0.4 is 0 Å².